The van der Waals surface area contributed by atoms with Crippen LogP contribution in [0.25, 0.3) is 10.8 Å². The van der Waals surface area contributed by atoms with Gasteiger partial charge in [-0.3, -0.25) is 0 Å². The number of carbonyl (C=O) groups is 1. The van der Waals surface area contributed by atoms with Crippen molar-refractivity contribution in [2.75, 3.05) is 11.9 Å². The molecule has 5 nitrogen and oxygen atoms in total. The topological polar surface area (TPSA) is 60.5 Å². The Hall–Kier alpha value is -2.50. The van der Waals surface area contributed by atoms with Gasteiger partial charge in [-0.15, -0.1) is 0 Å². The number of anilines is 2. The number of nitrogens with one attached hydrogen (secondary N) is 1. The highest BCUT2D eigenvalue weighted by molar-refractivity contribution is 6.36. The molecule has 0 aliphatic carbocycles. The third-order valence-corrected chi connectivity index (χ3v) is 4.33. The molecule has 0 bridgehead atoms. The van der Waals surface area contributed by atoms with Gasteiger partial charge >= 0.3 is 5.97 Å². The van der Waals surface area contributed by atoms with Crippen molar-refractivity contribution in [1.82, 2.24) is 4.98 Å². The van der Waals surface area contributed by atoms with Crippen LogP contribution >= 0.6 is 23.2 Å². The number of aromatic nitrogens is 1. The summed E-state index contributed by atoms with van der Waals surface area (Å²) in [6, 6.07) is 14.6. The minimum Gasteiger partial charge on any atom is -0.479 e. The molecule has 1 N–H and O–H groups in total. The number of benzene rings is 2. The predicted octanol–water partition coefficient (Wildman–Crippen LogP) is 5.62. The molecule has 0 spiro atoms. The molecular formula is C20H18Cl2N2O3. The molecule has 1 heterocycles. The second-order valence-corrected chi connectivity index (χ2v) is 6.62. The van der Waals surface area contributed by atoms with Crippen LogP contribution < -0.4 is 10.1 Å². The molecule has 0 saturated heterocycles. The number of ether oxygens (including phenoxy) is 2. The van der Waals surface area contributed by atoms with Gasteiger partial charge in [0.1, 0.15) is 16.7 Å². The standard InChI is InChI=1S/C20H18Cl2N2O3/c1-3-26-20(25)12(2)27-16-8-6-15(7-9-16)23-18-10-13-4-5-14(21)11-17(13)19(22)24-18/h4-12H,3H2,1-2H3,(H,23,24). The number of esters is 1. The van der Waals surface area contributed by atoms with Crippen molar-refractivity contribution in [1.29, 1.82) is 0 Å². The number of pyridine rings is 1. The summed E-state index contributed by atoms with van der Waals surface area (Å²) in [6.45, 7) is 3.73. The highest BCUT2D eigenvalue weighted by Crippen LogP contribution is 2.29. The van der Waals surface area contributed by atoms with E-state index in [0.717, 1.165) is 16.5 Å². The number of halogens is 2. The molecule has 0 aliphatic heterocycles. The van der Waals surface area contributed by atoms with Gasteiger partial charge in [0.15, 0.2) is 6.10 Å². The van der Waals surface area contributed by atoms with Gasteiger partial charge in [-0.1, -0.05) is 29.3 Å². The van der Waals surface area contributed by atoms with Gasteiger partial charge < -0.3 is 14.8 Å². The third-order valence-electron chi connectivity index (χ3n) is 3.81. The minimum absolute atomic E-state index is 0.322. The van der Waals surface area contributed by atoms with Crippen molar-refractivity contribution in [2.24, 2.45) is 0 Å². The summed E-state index contributed by atoms with van der Waals surface area (Å²) in [6.07, 6.45) is -0.670. The Balaban J connectivity index is 1.72. The highest BCUT2D eigenvalue weighted by Gasteiger charge is 2.15. The van der Waals surface area contributed by atoms with E-state index >= 15 is 0 Å². The first kappa shape index (κ1) is 19.3. The van der Waals surface area contributed by atoms with Crippen molar-refractivity contribution in [3.8, 4) is 5.75 Å². The molecule has 1 atom stereocenters. The first-order chi connectivity index (χ1) is 13.0. The van der Waals surface area contributed by atoms with E-state index in [9.17, 15) is 4.79 Å². The normalized spacial score (nSPS) is 11.9. The van der Waals surface area contributed by atoms with Crippen LogP contribution in [0.1, 0.15) is 13.8 Å². The Morgan fingerprint density at radius 2 is 1.89 bits per heavy atom. The molecule has 0 radical (unpaired) electrons. The van der Waals surface area contributed by atoms with Crippen molar-refractivity contribution < 1.29 is 14.3 Å². The van der Waals surface area contributed by atoms with E-state index < -0.39 is 12.1 Å². The Morgan fingerprint density at radius 1 is 1.15 bits per heavy atom. The van der Waals surface area contributed by atoms with Gasteiger partial charge in [0, 0.05) is 16.1 Å². The van der Waals surface area contributed by atoms with Gasteiger partial charge in [0.05, 0.1) is 6.61 Å². The largest absolute Gasteiger partial charge is 0.479 e. The lowest BCUT2D eigenvalue weighted by molar-refractivity contribution is -0.150. The Kier molecular flexibility index (Phi) is 6.04. The average molecular weight is 405 g/mol. The molecule has 7 heteroatoms. The Bertz CT molecular complexity index is 961. The van der Waals surface area contributed by atoms with E-state index in [1.54, 1.807) is 38.1 Å². The van der Waals surface area contributed by atoms with Crippen LogP contribution in [-0.2, 0) is 9.53 Å². The smallest absolute Gasteiger partial charge is 0.347 e. The van der Waals surface area contributed by atoms with Crippen LogP contribution in [0.2, 0.25) is 10.2 Å². The number of hydrogen-bond donors (Lipinski definition) is 1. The van der Waals surface area contributed by atoms with E-state index in [-0.39, 0.29) is 0 Å². The second-order valence-electron chi connectivity index (χ2n) is 5.83. The van der Waals surface area contributed by atoms with Crippen LogP contribution in [0.4, 0.5) is 11.5 Å². The Morgan fingerprint density at radius 3 is 2.59 bits per heavy atom. The van der Waals surface area contributed by atoms with Crippen LogP contribution in [0, 0.1) is 0 Å². The van der Waals surface area contributed by atoms with Gasteiger partial charge in [-0.25, -0.2) is 9.78 Å². The maximum atomic E-state index is 11.6. The summed E-state index contributed by atoms with van der Waals surface area (Å²) in [4.78, 5) is 16.0. The SMILES string of the molecule is CCOC(=O)C(C)Oc1ccc(Nc2cc3ccc(Cl)cc3c(Cl)n2)cc1. The van der Waals surface area contributed by atoms with Crippen LogP contribution in [0.3, 0.4) is 0 Å². The summed E-state index contributed by atoms with van der Waals surface area (Å²) in [7, 11) is 0. The lowest BCUT2D eigenvalue weighted by Gasteiger charge is -2.14. The van der Waals surface area contributed by atoms with E-state index in [0.29, 0.717) is 28.3 Å². The summed E-state index contributed by atoms with van der Waals surface area (Å²) < 4.78 is 10.5. The molecule has 1 unspecified atom stereocenters. The van der Waals surface area contributed by atoms with Gasteiger partial charge in [0.2, 0.25) is 0 Å². The van der Waals surface area contributed by atoms with Crippen molar-refractivity contribution >= 4 is 51.4 Å². The number of hydrogen-bond acceptors (Lipinski definition) is 5. The van der Waals surface area contributed by atoms with Crippen LogP contribution in [-0.4, -0.2) is 23.7 Å². The Labute approximate surface area is 167 Å². The zero-order valence-corrected chi connectivity index (χ0v) is 16.3. The van der Waals surface area contributed by atoms with E-state index in [1.165, 1.54) is 0 Å². The summed E-state index contributed by atoms with van der Waals surface area (Å²) in [5.74, 6) is 0.790. The summed E-state index contributed by atoms with van der Waals surface area (Å²) in [5, 5.41) is 5.92. The molecule has 3 rings (SSSR count). The molecule has 0 aliphatic rings. The first-order valence-corrected chi connectivity index (χ1v) is 9.18. The van der Waals surface area contributed by atoms with Gasteiger partial charge in [0.25, 0.3) is 0 Å². The summed E-state index contributed by atoms with van der Waals surface area (Å²) in [5.41, 5.74) is 0.808. The van der Waals surface area contributed by atoms with Gasteiger partial charge in [-0.05, 0) is 61.7 Å². The lowest BCUT2D eigenvalue weighted by atomic mass is 10.2. The fourth-order valence-corrected chi connectivity index (χ4v) is 2.95. The van der Waals surface area contributed by atoms with Crippen LogP contribution in [0.5, 0.6) is 5.75 Å². The van der Waals surface area contributed by atoms with Crippen molar-refractivity contribution in [3.05, 3.63) is 58.7 Å². The molecule has 0 fully saturated rings. The molecule has 0 amide bonds. The quantitative estimate of drug-likeness (QED) is 0.426. The molecule has 2 aromatic carbocycles. The number of rotatable bonds is 6. The summed E-state index contributed by atoms with van der Waals surface area (Å²) >= 11 is 12.3. The zero-order valence-electron chi connectivity index (χ0n) is 14.8. The molecular weight excluding hydrogens is 387 g/mol. The average Bonchev–Trinajstić information content (AvgIpc) is 2.64. The van der Waals surface area contributed by atoms with Crippen molar-refractivity contribution in [3.63, 3.8) is 0 Å². The fraction of sp³-hybridized carbons (Fsp3) is 0.200. The maximum absolute atomic E-state index is 11.6. The van der Waals surface area contributed by atoms with Gasteiger partial charge in [-0.2, -0.15) is 0 Å². The first-order valence-electron chi connectivity index (χ1n) is 8.42. The molecule has 140 valence electrons. The number of nitrogens with zero attached hydrogens (tertiary/aromatic N) is 1. The molecule has 1 aromatic heterocycles. The monoisotopic (exact) mass is 404 g/mol. The highest BCUT2D eigenvalue weighted by atomic mass is 35.5. The molecule has 27 heavy (non-hydrogen) atoms. The minimum atomic E-state index is -0.670. The fourth-order valence-electron chi connectivity index (χ4n) is 2.52. The number of fused-ring (bicyclic) bond motifs is 1. The third kappa shape index (κ3) is 4.81. The lowest BCUT2D eigenvalue weighted by Crippen LogP contribution is -2.25. The molecule has 0 saturated carbocycles. The van der Waals surface area contributed by atoms with E-state index in [1.807, 2.05) is 24.3 Å². The maximum Gasteiger partial charge on any atom is 0.347 e. The van der Waals surface area contributed by atoms with Crippen molar-refractivity contribution in [2.45, 2.75) is 20.0 Å². The zero-order chi connectivity index (χ0) is 19.4. The predicted molar refractivity (Wildman–Crippen MR) is 108 cm³/mol. The van der Waals surface area contributed by atoms with Crippen LogP contribution in [0.15, 0.2) is 48.5 Å². The number of carbonyl (C=O) groups excluding carboxylic acids is 1. The molecule has 3 aromatic rings. The second kappa shape index (κ2) is 8.46. The van der Waals surface area contributed by atoms with E-state index in [4.69, 9.17) is 32.7 Å². The van der Waals surface area contributed by atoms with E-state index in [2.05, 4.69) is 10.3 Å².